The first-order chi connectivity index (χ1) is 10.3. The topological polar surface area (TPSA) is 17.1 Å². The summed E-state index contributed by atoms with van der Waals surface area (Å²) in [5, 5.41) is 0. The zero-order valence-corrected chi connectivity index (χ0v) is 19.0. The average molecular weight is 415 g/mol. The molecule has 2 heteroatoms. The normalized spacial score (nSPS) is 13.0. The second kappa shape index (κ2) is 11.7. The number of hydrogen-bond acceptors (Lipinski definition) is 1. The number of hydrogen-bond donors (Lipinski definition) is 0. The molecule has 0 aromatic carbocycles. The third kappa shape index (κ3) is 10.1. The third-order valence-corrected chi connectivity index (χ3v) is 18.7. The van der Waals surface area contributed by atoms with Gasteiger partial charge < -0.3 is 0 Å². The van der Waals surface area contributed by atoms with Gasteiger partial charge in [0.15, 0.2) is 0 Å². The molecule has 0 saturated heterocycles. The molecule has 0 bridgehead atoms. The molecule has 0 amide bonds. The Hall–Kier alpha value is 0.209. The molecule has 0 aromatic heterocycles. The van der Waals surface area contributed by atoms with Gasteiger partial charge in [0.2, 0.25) is 0 Å². The second-order valence-corrected chi connectivity index (χ2v) is 20.9. The molecule has 0 aliphatic rings. The number of allylic oxidation sites excluding steroid dienone is 1. The molecule has 0 N–H and O–H groups in total. The Morgan fingerprint density at radius 2 is 1.32 bits per heavy atom. The Labute approximate surface area is 144 Å². The summed E-state index contributed by atoms with van der Waals surface area (Å²) in [6.07, 6.45) is 11.3. The quantitative estimate of drug-likeness (QED) is 0.298. The van der Waals surface area contributed by atoms with Crippen LogP contribution in [0.2, 0.25) is 13.3 Å². The summed E-state index contributed by atoms with van der Waals surface area (Å²) < 4.78 is 7.24. The molecule has 0 heterocycles. The Balaban J connectivity index is 5.16. The molecule has 0 unspecified atom stereocenters. The van der Waals surface area contributed by atoms with E-state index in [0.29, 0.717) is 12.2 Å². The molecule has 22 heavy (non-hydrogen) atoms. The van der Waals surface area contributed by atoms with Gasteiger partial charge in [-0.1, -0.05) is 0 Å². The van der Waals surface area contributed by atoms with E-state index < -0.39 is 18.4 Å². The average Bonchev–Trinajstić information content (AvgIpc) is 2.44. The van der Waals surface area contributed by atoms with Crippen LogP contribution in [0.25, 0.3) is 0 Å². The van der Waals surface area contributed by atoms with Crippen molar-refractivity contribution in [3.05, 3.63) is 10.2 Å². The van der Waals surface area contributed by atoms with Crippen molar-refractivity contribution >= 4 is 24.2 Å². The van der Waals surface area contributed by atoms with Crippen molar-refractivity contribution in [2.24, 2.45) is 5.41 Å². The molecule has 0 saturated carbocycles. The summed E-state index contributed by atoms with van der Waals surface area (Å²) in [4.78, 5) is 11.5. The molecular formula is C20H40OSn. The van der Waals surface area contributed by atoms with Crippen LogP contribution in [0.5, 0.6) is 0 Å². The van der Waals surface area contributed by atoms with E-state index in [1.54, 1.807) is 6.92 Å². The number of unbranched alkanes of at least 4 members (excludes halogenated alkanes) is 3. The van der Waals surface area contributed by atoms with Crippen LogP contribution >= 0.6 is 0 Å². The summed E-state index contributed by atoms with van der Waals surface area (Å²) in [7, 11) is 0. The fraction of sp³-hybridized carbons (Fsp3) is 0.850. The van der Waals surface area contributed by atoms with Crippen molar-refractivity contribution in [2.45, 2.75) is 99.8 Å². The van der Waals surface area contributed by atoms with Crippen molar-refractivity contribution in [1.82, 2.24) is 0 Å². The Morgan fingerprint density at radius 3 is 1.64 bits per heavy atom. The van der Waals surface area contributed by atoms with Gasteiger partial charge in [0.1, 0.15) is 0 Å². The van der Waals surface area contributed by atoms with Crippen LogP contribution in [-0.2, 0) is 4.79 Å². The van der Waals surface area contributed by atoms with Crippen LogP contribution in [0.15, 0.2) is 10.2 Å². The van der Waals surface area contributed by atoms with Gasteiger partial charge in [-0.15, -0.1) is 0 Å². The number of ketones is 1. The van der Waals surface area contributed by atoms with Crippen LogP contribution in [0, 0.1) is 5.41 Å². The van der Waals surface area contributed by atoms with E-state index in [2.05, 4.69) is 44.8 Å². The van der Waals surface area contributed by atoms with Gasteiger partial charge >= 0.3 is 144 Å². The summed E-state index contributed by atoms with van der Waals surface area (Å²) in [5.74, 6) is 0.311. The van der Waals surface area contributed by atoms with Gasteiger partial charge in [0.05, 0.1) is 0 Å². The van der Waals surface area contributed by atoms with E-state index >= 15 is 0 Å². The maximum absolute atomic E-state index is 11.5. The molecule has 0 spiro atoms. The fourth-order valence-electron chi connectivity index (χ4n) is 3.31. The number of rotatable bonds is 13. The summed E-state index contributed by atoms with van der Waals surface area (Å²) in [6.45, 7) is 13.1. The Bertz CT molecular complexity index is 309. The van der Waals surface area contributed by atoms with Gasteiger partial charge in [0, 0.05) is 0 Å². The zero-order valence-electron chi connectivity index (χ0n) is 16.1. The van der Waals surface area contributed by atoms with Crippen molar-refractivity contribution < 1.29 is 4.79 Å². The molecule has 0 aliphatic carbocycles. The van der Waals surface area contributed by atoms with Crippen LogP contribution < -0.4 is 0 Å². The van der Waals surface area contributed by atoms with E-state index in [1.165, 1.54) is 51.8 Å². The van der Waals surface area contributed by atoms with Gasteiger partial charge in [-0.2, -0.15) is 0 Å². The van der Waals surface area contributed by atoms with E-state index in [1.807, 2.05) is 0 Å². The number of carbonyl (C=O) groups excluding carboxylic acids is 1. The minimum atomic E-state index is -2.17. The molecule has 0 atom stereocenters. The first kappa shape index (κ1) is 22.2. The van der Waals surface area contributed by atoms with Crippen molar-refractivity contribution in [1.29, 1.82) is 0 Å². The van der Waals surface area contributed by atoms with Crippen LogP contribution in [-0.4, -0.2) is 24.2 Å². The molecule has 0 aliphatic heterocycles. The standard InChI is InChI=1S/C8H13O.3C4H9.Sn/c1-5-8(3,4)6-7(2)9;3*1-3-4-2;/h1,5H,6H2,2-4H3;3*1,3-4H2,2H3;. The Morgan fingerprint density at radius 1 is 0.909 bits per heavy atom. The van der Waals surface area contributed by atoms with Crippen LogP contribution in [0.1, 0.15) is 86.5 Å². The zero-order chi connectivity index (χ0) is 17.1. The van der Waals surface area contributed by atoms with E-state index in [9.17, 15) is 4.79 Å². The number of Topliss-reactive ketones (excluding diaryl/α,β-unsaturated/α-hetero) is 1. The SMILES string of the molecule is CCC[CH2][Sn](/[CH]=C/C(C)(C)CC(C)=O)([CH2]CCC)[CH2]CCC. The summed E-state index contributed by atoms with van der Waals surface area (Å²) >= 11 is -2.17. The predicted molar refractivity (Wildman–Crippen MR) is 103 cm³/mol. The van der Waals surface area contributed by atoms with Gasteiger partial charge in [-0.3, -0.25) is 0 Å². The molecule has 130 valence electrons. The first-order valence-corrected chi connectivity index (χ1v) is 17.2. The summed E-state index contributed by atoms with van der Waals surface area (Å²) in [5.41, 5.74) is 0.0403. The Kier molecular flexibility index (Phi) is 11.8. The first-order valence-electron chi connectivity index (χ1n) is 9.50. The number of carbonyl (C=O) groups is 1. The molecule has 0 radical (unpaired) electrons. The second-order valence-electron chi connectivity index (χ2n) is 7.87. The van der Waals surface area contributed by atoms with Crippen molar-refractivity contribution in [3.8, 4) is 0 Å². The van der Waals surface area contributed by atoms with Crippen molar-refractivity contribution in [3.63, 3.8) is 0 Å². The monoisotopic (exact) mass is 416 g/mol. The summed E-state index contributed by atoms with van der Waals surface area (Å²) in [6, 6.07) is 0. The van der Waals surface area contributed by atoms with E-state index in [-0.39, 0.29) is 5.41 Å². The molecule has 0 fully saturated rings. The van der Waals surface area contributed by atoms with E-state index in [0.717, 1.165) is 0 Å². The predicted octanol–water partition coefficient (Wildman–Crippen LogP) is 6.94. The molecular weight excluding hydrogens is 375 g/mol. The molecule has 1 nitrogen and oxygen atoms in total. The molecule has 0 rings (SSSR count). The van der Waals surface area contributed by atoms with E-state index in [4.69, 9.17) is 0 Å². The molecule has 0 aromatic rings. The van der Waals surface area contributed by atoms with Gasteiger partial charge in [0.25, 0.3) is 0 Å². The third-order valence-electron chi connectivity index (χ3n) is 4.68. The van der Waals surface area contributed by atoms with Crippen LogP contribution in [0.4, 0.5) is 0 Å². The van der Waals surface area contributed by atoms with Gasteiger partial charge in [-0.05, 0) is 0 Å². The van der Waals surface area contributed by atoms with Crippen molar-refractivity contribution in [2.75, 3.05) is 0 Å². The fourth-order valence-corrected chi connectivity index (χ4v) is 18.2. The van der Waals surface area contributed by atoms with Crippen LogP contribution in [0.3, 0.4) is 0 Å². The maximum atomic E-state index is 11.5. The van der Waals surface area contributed by atoms with Gasteiger partial charge in [-0.25, -0.2) is 0 Å². The minimum absolute atomic E-state index is 0.0403.